The van der Waals surface area contributed by atoms with Crippen molar-refractivity contribution in [2.45, 2.75) is 26.2 Å². The van der Waals surface area contributed by atoms with Crippen molar-refractivity contribution in [1.82, 2.24) is 9.97 Å². The number of aryl methyl sites for hydroxylation is 1. The molecule has 0 bridgehead atoms. The SMILES string of the molecule is CCC(C(=O)O)c1sc(-c2ccccn2)nc1C. The summed E-state index contributed by atoms with van der Waals surface area (Å²) in [5, 5.41) is 9.97. The maximum atomic E-state index is 11.2. The predicted molar refractivity (Wildman–Crippen MR) is 70.7 cm³/mol. The number of pyridine rings is 1. The van der Waals surface area contributed by atoms with Gasteiger partial charge in [-0.3, -0.25) is 9.78 Å². The minimum Gasteiger partial charge on any atom is -0.481 e. The molecule has 0 aliphatic carbocycles. The van der Waals surface area contributed by atoms with Gasteiger partial charge in [0.05, 0.1) is 17.3 Å². The van der Waals surface area contributed by atoms with E-state index >= 15 is 0 Å². The lowest BCUT2D eigenvalue weighted by molar-refractivity contribution is -0.138. The van der Waals surface area contributed by atoms with Gasteiger partial charge in [-0.2, -0.15) is 0 Å². The Hall–Kier alpha value is -1.75. The van der Waals surface area contributed by atoms with Crippen molar-refractivity contribution in [3.05, 3.63) is 35.0 Å². The number of carboxylic acids is 1. The standard InChI is InChI=1S/C13H14N2O2S/c1-3-9(13(16)17)11-8(2)15-12(18-11)10-6-4-5-7-14-10/h4-7,9H,3H2,1-2H3,(H,16,17). The molecule has 0 radical (unpaired) electrons. The van der Waals surface area contributed by atoms with Crippen molar-refractivity contribution in [2.75, 3.05) is 0 Å². The van der Waals surface area contributed by atoms with Gasteiger partial charge in [0, 0.05) is 11.1 Å². The number of carbonyl (C=O) groups is 1. The van der Waals surface area contributed by atoms with Gasteiger partial charge in [0.1, 0.15) is 5.01 Å². The molecule has 1 N–H and O–H groups in total. The maximum absolute atomic E-state index is 11.2. The summed E-state index contributed by atoms with van der Waals surface area (Å²) >= 11 is 1.42. The van der Waals surface area contributed by atoms with E-state index in [1.54, 1.807) is 6.20 Å². The number of rotatable bonds is 4. The first kappa shape index (κ1) is 12.7. The van der Waals surface area contributed by atoms with Crippen molar-refractivity contribution < 1.29 is 9.90 Å². The summed E-state index contributed by atoms with van der Waals surface area (Å²) in [7, 11) is 0. The van der Waals surface area contributed by atoms with Gasteiger partial charge in [-0.05, 0) is 25.5 Å². The van der Waals surface area contributed by atoms with Crippen molar-refractivity contribution in [2.24, 2.45) is 0 Å². The van der Waals surface area contributed by atoms with Crippen molar-refractivity contribution >= 4 is 17.3 Å². The highest BCUT2D eigenvalue weighted by Crippen LogP contribution is 2.33. The van der Waals surface area contributed by atoms with Crippen LogP contribution in [0.15, 0.2) is 24.4 Å². The number of aromatic nitrogens is 2. The second kappa shape index (κ2) is 5.27. The van der Waals surface area contributed by atoms with Crippen LogP contribution in [-0.2, 0) is 4.79 Å². The summed E-state index contributed by atoms with van der Waals surface area (Å²) in [6, 6.07) is 5.62. The molecule has 0 aliphatic rings. The van der Waals surface area contributed by atoms with Crippen molar-refractivity contribution in [1.29, 1.82) is 0 Å². The molecule has 0 saturated heterocycles. The Morgan fingerprint density at radius 3 is 2.83 bits per heavy atom. The third-order valence-corrected chi connectivity index (χ3v) is 4.03. The fraction of sp³-hybridized carbons (Fsp3) is 0.308. The number of nitrogens with zero attached hydrogens (tertiary/aromatic N) is 2. The summed E-state index contributed by atoms with van der Waals surface area (Å²) in [6.07, 6.45) is 2.28. The first-order chi connectivity index (χ1) is 8.63. The molecule has 5 heteroatoms. The Balaban J connectivity index is 2.41. The third-order valence-electron chi connectivity index (χ3n) is 2.74. The molecule has 2 rings (SSSR count). The Kier molecular flexibility index (Phi) is 3.72. The highest BCUT2D eigenvalue weighted by molar-refractivity contribution is 7.15. The molecule has 94 valence electrons. The first-order valence-electron chi connectivity index (χ1n) is 5.75. The lowest BCUT2D eigenvalue weighted by atomic mass is 10.0. The van der Waals surface area contributed by atoms with Crippen LogP contribution in [0.25, 0.3) is 10.7 Å². The molecule has 2 aromatic rings. The third kappa shape index (κ3) is 2.41. The van der Waals surface area contributed by atoms with Crippen LogP contribution < -0.4 is 0 Å². The number of hydrogen-bond donors (Lipinski definition) is 1. The molecule has 0 aliphatic heterocycles. The van der Waals surface area contributed by atoms with E-state index < -0.39 is 11.9 Å². The van der Waals surface area contributed by atoms with Crippen LogP contribution in [0.1, 0.15) is 29.8 Å². The van der Waals surface area contributed by atoms with E-state index in [-0.39, 0.29) is 0 Å². The van der Waals surface area contributed by atoms with E-state index in [4.69, 9.17) is 0 Å². The van der Waals surface area contributed by atoms with Crippen LogP contribution in [0, 0.1) is 6.92 Å². The second-order valence-electron chi connectivity index (χ2n) is 3.98. The van der Waals surface area contributed by atoms with E-state index in [0.29, 0.717) is 6.42 Å². The zero-order valence-corrected chi connectivity index (χ0v) is 11.1. The molecular weight excluding hydrogens is 248 g/mol. The van der Waals surface area contributed by atoms with Gasteiger partial charge in [-0.15, -0.1) is 11.3 Å². The first-order valence-corrected chi connectivity index (χ1v) is 6.56. The molecule has 2 aromatic heterocycles. The Bertz CT molecular complexity index is 551. The highest BCUT2D eigenvalue weighted by Gasteiger charge is 2.23. The average molecular weight is 262 g/mol. The lowest BCUT2D eigenvalue weighted by Gasteiger charge is -2.06. The van der Waals surface area contributed by atoms with Gasteiger partial charge in [0.15, 0.2) is 0 Å². The zero-order chi connectivity index (χ0) is 13.1. The molecule has 0 amide bonds. The van der Waals surface area contributed by atoms with Crippen LogP contribution in [0.2, 0.25) is 0 Å². The molecule has 0 spiro atoms. The van der Waals surface area contributed by atoms with E-state index in [1.807, 2.05) is 32.0 Å². The normalized spacial score (nSPS) is 12.3. The molecular formula is C13H14N2O2S. The smallest absolute Gasteiger partial charge is 0.311 e. The Labute approximate surface area is 109 Å². The Morgan fingerprint density at radius 1 is 1.50 bits per heavy atom. The molecule has 2 heterocycles. The summed E-state index contributed by atoms with van der Waals surface area (Å²) in [6.45, 7) is 3.72. The molecule has 4 nitrogen and oxygen atoms in total. The van der Waals surface area contributed by atoms with E-state index in [2.05, 4.69) is 9.97 Å². The van der Waals surface area contributed by atoms with Gasteiger partial charge in [-0.25, -0.2) is 4.98 Å². The van der Waals surface area contributed by atoms with Gasteiger partial charge in [0.25, 0.3) is 0 Å². The molecule has 0 aromatic carbocycles. The predicted octanol–water partition coefficient (Wildman–Crippen LogP) is 3.09. The van der Waals surface area contributed by atoms with Gasteiger partial charge >= 0.3 is 5.97 Å². The minimum absolute atomic E-state index is 0.472. The molecule has 0 fully saturated rings. The summed E-state index contributed by atoms with van der Waals surface area (Å²) in [4.78, 5) is 20.7. The zero-order valence-electron chi connectivity index (χ0n) is 10.3. The summed E-state index contributed by atoms with van der Waals surface area (Å²) in [5.74, 6) is -1.27. The van der Waals surface area contributed by atoms with E-state index in [9.17, 15) is 9.90 Å². The van der Waals surface area contributed by atoms with Gasteiger partial charge in [-0.1, -0.05) is 13.0 Å². The van der Waals surface area contributed by atoms with Crippen LogP contribution in [-0.4, -0.2) is 21.0 Å². The number of thiazole rings is 1. The Morgan fingerprint density at radius 2 is 2.28 bits per heavy atom. The van der Waals surface area contributed by atoms with Crippen LogP contribution in [0.5, 0.6) is 0 Å². The second-order valence-corrected chi connectivity index (χ2v) is 5.01. The summed E-state index contributed by atoms with van der Waals surface area (Å²) in [5.41, 5.74) is 1.58. The van der Waals surface area contributed by atoms with Crippen LogP contribution in [0.3, 0.4) is 0 Å². The number of hydrogen-bond acceptors (Lipinski definition) is 4. The van der Waals surface area contributed by atoms with Crippen molar-refractivity contribution in [3.8, 4) is 10.7 Å². The fourth-order valence-corrected chi connectivity index (χ4v) is 3.02. The van der Waals surface area contributed by atoms with Gasteiger partial charge < -0.3 is 5.11 Å². The number of aliphatic carboxylic acids is 1. The van der Waals surface area contributed by atoms with E-state index in [0.717, 1.165) is 21.3 Å². The average Bonchev–Trinajstić information content (AvgIpc) is 2.73. The molecule has 1 unspecified atom stereocenters. The topological polar surface area (TPSA) is 63.1 Å². The maximum Gasteiger partial charge on any atom is 0.311 e. The van der Waals surface area contributed by atoms with Crippen LogP contribution in [0.4, 0.5) is 0 Å². The monoisotopic (exact) mass is 262 g/mol. The quantitative estimate of drug-likeness (QED) is 0.919. The van der Waals surface area contributed by atoms with Gasteiger partial charge in [0.2, 0.25) is 0 Å². The van der Waals surface area contributed by atoms with Crippen molar-refractivity contribution in [3.63, 3.8) is 0 Å². The molecule has 1 atom stereocenters. The highest BCUT2D eigenvalue weighted by atomic mass is 32.1. The largest absolute Gasteiger partial charge is 0.481 e. The lowest BCUT2D eigenvalue weighted by Crippen LogP contribution is -2.09. The summed E-state index contributed by atoms with van der Waals surface area (Å²) < 4.78 is 0. The molecule has 18 heavy (non-hydrogen) atoms. The van der Waals surface area contributed by atoms with Crippen LogP contribution >= 0.6 is 11.3 Å². The fourth-order valence-electron chi connectivity index (χ4n) is 1.80. The minimum atomic E-state index is -0.795. The molecule has 0 saturated carbocycles. The van der Waals surface area contributed by atoms with E-state index in [1.165, 1.54) is 11.3 Å². The number of carboxylic acid groups (broad SMARTS) is 1.